The zero-order chi connectivity index (χ0) is 6.97. The van der Waals surface area contributed by atoms with E-state index in [-0.39, 0.29) is 0 Å². The summed E-state index contributed by atoms with van der Waals surface area (Å²) >= 11 is 1.59. The highest BCUT2D eigenvalue weighted by Gasteiger charge is 1.98. The number of anilines is 1. The summed E-state index contributed by atoms with van der Waals surface area (Å²) in [5, 5.41) is 10.4. The van der Waals surface area contributed by atoms with Gasteiger partial charge in [0.05, 0.1) is 22.8 Å². The Hall–Kier alpha value is -1.16. The fraction of sp³-hybridized carbons (Fsp3) is 0. The van der Waals surface area contributed by atoms with Gasteiger partial charge in [-0.15, -0.1) is 11.3 Å². The lowest BCUT2D eigenvalue weighted by atomic mass is 10.3. The molecule has 0 aliphatic carbocycles. The number of thiophene rings is 1. The summed E-state index contributed by atoms with van der Waals surface area (Å²) in [5.41, 5.74) is 6.41. The molecule has 0 unspecified atom stereocenters. The second kappa shape index (κ2) is 1.91. The number of nitrogen functional groups attached to an aromatic ring is 1. The van der Waals surface area contributed by atoms with Gasteiger partial charge < -0.3 is 5.73 Å². The summed E-state index contributed by atoms with van der Waals surface area (Å²) in [5.74, 6) is 0. The van der Waals surface area contributed by atoms with Gasteiger partial charge in [0, 0.05) is 10.8 Å². The third kappa shape index (κ3) is 0.657. The van der Waals surface area contributed by atoms with Crippen molar-refractivity contribution in [2.75, 3.05) is 5.73 Å². The zero-order valence-corrected chi connectivity index (χ0v) is 5.93. The zero-order valence-electron chi connectivity index (χ0n) is 5.11. The molecule has 2 N–H and O–H groups in total. The minimum Gasteiger partial charge on any atom is -0.398 e. The maximum absolute atomic E-state index is 5.62. The van der Waals surface area contributed by atoms with E-state index in [9.17, 15) is 0 Å². The molecule has 0 radical (unpaired) electrons. The maximum Gasteiger partial charge on any atom is 0.0675 e. The quantitative estimate of drug-likeness (QED) is 0.617. The van der Waals surface area contributed by atoms with Crippen LogP contribution in [0.4, 0.5) is 5.69 Å². The Morgan fingerprint density at radius 1 is 1.30 bits per heavy atom. The summed E-state index contributed by atoms with van der Waals surface area (Å²) in [6, 6.07) is 0. The van der Waals surface area contributed by atoms with E-state index in [1.54, 1.807) is 23.7 Å². The van der Waals surface area contributed by atoms with E-state index in [1.807, 2.05) is 5.38 Å². The van der Waals surface area contributed by atoms with Crippen LogP contribution in [-0.2, 0) is 0 Å². The lowest BCUT2D eigenvalue weighted by molar-refractivity contribution is 1.05. The Morgan fingerprint density at radius 3 is 2.90 bits per heavy atom. The topological polar surface area (TPSA) is 51.8 Å². The van der Waals surface area contributed by atoms with Gasteiger partial charge in [0.25, 0.3) is 0 Å². The highest BCUT2D eigenvalue weighted by atomic mass is 32.1. The summed E-state index contributed by atoms with van der Waals surface area (Å²) in [6.45, 7) is 0. The molecule has 0 aromatic carbocycles. The summed E-state index contributed by atoms with van der Waals surface area (Å²) in [7, 11) is 0. The van der Waals surface area contributed by atoms with Crippen LogP contribution in [0, 0.1) is 0 Å². The third-order valence-electron chi connectivity index (χ3n) is 1.32. The Labute approximate surface area is 61.5 Å². The molecule has 0 spiro atoms. The molecule has 2 heterocycles. The van der Waals surface area contributed by atoms with Crippen molar-refractivity contribution >= 4 is 27.1 Å². The monoisotopic (exact) mass is 151 g/mol. The van der Waals surface area contributed by atoms with Gasteiger partial charge in [0.15, 0.2) is 0 Å². The van der Waals surface area contributed by atoms with E-state index < -0.39 is 0 Å². The largest absolute Gasteiger partial charge is 0.398 e. The summed E-state index contributed by atoms with van der Waals surface area (Å²) in [4.78, 5) is 0. The van der Waals surface area contributed by atoms with Crippen LogP contribution < -0.4 is 5.73 Å². The molecule has 0 fully saturated rings. The first-order valence-electron chi connectivity index (χ1n) is 2.81. The number of fused-ring (bicyclic) bond motifs is 1. The van der Waals surface area contributed by atoms with Gasteiger partial charge in [-0.05, 0) is 0 Å². The van der Waals surface area contributed by atoms with E-state index in [0.29, 0.717) is 0 Å². The molecule has 3 nitrogen and oxygen atoms in total. The van der Waals surface area contributed by atoms with E-state index >= 15 is 0 Å². The van der Waals surface area contributed by atoms with Crippen molar-refractivity contribution in [1.82, 2.24) is 10.2 Å². The second-order valence-electron chi connectivity index (χ2n) is 1.96. The van der Waals surface area contributed by atoms with Gasteiger partial charge in [-0.3, -0.25) is 0 Å². The van der Waals surface area contributed by atoms with E-state index in [4.69, 9.17) is 5.73 Å². The molecule has 4 heteroatoms. The van der Waals surface area contributed by atoms with Gasteiger partial charge >= 0.3 is 0 Å². The standard InChI is InChI=1S/C6H5N3S/c7-5-3-10-6-2-9-8-1-4(5)6/h1-3H,7H2. The van der Waals surface area contributed by atoms with E-state index in [1.165, 1.54) is 0 Å². The van der Waals surface area contributed by atoms with Crippen molar-refractivity contribution in [3.05, 3.63) is 17.8 Å². The van der Waals surface area contributed by atoms with Crippen LogP contribution in [0.25, 0.3) is 10.1 Å². The van der Waals surface area contributed by atoms with Crippen LogP contribution >= 0.6 is 11.3 Å². The second-order valence-corrected chi connectivity index (χ2v) is 2.87. The van der Waals surface area contributed by atoms with Gasteiger partial charge in [0.1, 0.15) is 0 Å². The molecular weight excluding hydrogens is 146 g/mol. The van der Waals surface area contributed by atoms with Crippen molar-refractivity contribution in [1.29, 1.82) is 0 Å². The third-order valence-corrected chi connectivity index (χ3v) is 2.27. The highest BCUT2D eigenvalue weighted by Crippen LogP contribution is 2.25. The molecule has 2 aromatic heterocycles. The molecule has 2 rings (SSSR count). The van der Waals surface area contributed by atoms with Gasteiger partial charge in [-0.1, -0.05) is 0 Å². The van der Waals surface area contributed by atoms with Crippen molar-refractivity contribution in [2.24, 2.45) is 0 Å². The average molecular weight is 151 g/mol. The molecule has 0 saturated heterocycles. The van der Waals surface area contributed by atoms with Gasteiger partial charge in [0.2, 0.25) is 0 Å². The Balaban J connectivity index is 2.93. The molecular formula is C6H5N3S. The molecule has 0 aliphatic rings. The fourth-order valence-electron chi connectivity index (χ4n) is 0.811. The lowest BCUT2D eigenvalue weighted by Crippen LogP contribution is -1.81. The van der Waals surface area contributed by atoms with Crippen molar-refractivity contribution in [2.45, 2.75) is 0 Å². The smallest absolute Gasteiger partial charge is 0.0675 e. The molecule has 0 amide bonds. The molecule has 50 valence electrons. The van der Waals surface area contributed by atoms with Crippen LogP contribution in [0.3, 0.4) is 0 Å². The van der Waals surface area contributed by atoms with E-state index in [0.717, 1.165) is 15.8 Å². The Kier molecular flexibility index (Phi) is 1.07. The lowest BCUT2D eigenvalue weighted by Gasteiger charge is -1.85. The number of rotatable bonds is 0. The average Bonchev–Trinajstić information content (AvgIpc) is 2.34. The predicted octanol–water partition coefficient (Wildman–Crippen LogP) is 1.27. The number of nitrogens with zero attached hydrogens (tertiary/aromatic N) is 2. The van der Waals surface area contributed by atoms with Crippen LogP contribution in [0.5, 0.6) is 0 Å². The van der Waals surface area contributed by atoms with E-state index in [2.05, 4.69) is 10.2 Å². The molecule has 0 aliphatic heterocycles. The Morgan fingerprint density at radius 2 is 2.10 bits per heavy atom. The summed E-state index contributed by atoms with van der Waals surface area (Å²) < 4.78 is 1.09. The molecule has 10 heavy (non-hydrogen) atoms. The Bertz CT molecular complexity index is 355. The van der Waals surface area contributed by atoms with Crippen molar-refractivity contribution in [3.63, 3.8) is 0 Å². The first-order chi connectivity index (χ1) is 4.88. The van der Waals surface area contributed by atoms with Crippen molar-refractivity contribution < 1.29 is 0 Å². The molecule has 0 saturated carbocycles. The number of hydrogen-bond donors (Lipinski definition) is 1. The van der Waals surface area contributed by atoms with Crippen LogP contribution in [0.2, 0.25) is 0 Å². The van der Waals surface area contributed by atoms with Gasteiger partial charge in [-0.2, -0.15) is 10.2 Å². The van der Waals surface area contributed by atoms with Crippen LogP contribution in [0.15, 0.2) is 17.8 Å². The molecule has 0 bridgehead atoms. The first-order valence-corrected chi connectivity index (χ1v) is 3.69. The summed E-state index contributed by atoms with van der Waals surface area (Å²) in [6.07, 6.45) is 3.40. The fourth-order valence-corrected chi connectivity index (χ4v) is 1.60. The van der Waals surface area contributed by atoms with Crippen molar-refractivity contribution in [3.8, 4) is 0 Å². The van der Waals surface area contributed by atoms with Gasteiger partial charge in [-0.25, -0.2) is 0 Å². The molecule has 2 aromatic rings. The first kappa shape index (κ1) is 5.61. The maximum atomic E-state index is 5.62. The SMILES string of the molecule is Nc1csc2cnncc12. The molecule has 0 atom stereocenters. The van der Waals surface area contributed by atoms with Crippen LogP contribution in [-0.4, -0.2) is 10.2 Å². The normalized spacial score (nSPS) is 10.4. The number of aromatic nitrogens is 2. The van der Waals surface area contributed by atoms with Crippen LogP contribution in [0.1, 0.15) is 0 Å². The predicted molar refractivity (Wildman–Crippen MR) is 41.8 cm³/mol. The highest BCUT2D eigenvalue weighted by molar-refractivity contribution is 7.17. The minimum atomic E-state index is 0.787. The number of nitrogens with two attached hydrogens (primary N) is 1. The minimum absolute atomic E-state index is 0.787. The number of hydrogen-bond acceptors (Lipinski definition) is 4.